The van der Waals surface area contributed by atoms with Crippen LogP contribution in [0.5, 0.6) is 0 Å². The minimum Gasteiger partial charge on any atom is -0.383 e. The van der Waals surface area contributed by atoms with E-state index in [0.717, 1.165) is 5.69 Å². The van der Waals surface area contributed by atoms with Gasteiger partial charge in [-0.15, -0.1) is 6.58 Å². The molecule has 0 saturated carbocycles. The zero-order chi connectivity index (χ0) is 22.1. The molecule has 7 nitrogen and oxygen atoms in total. The molecule has 1 heterocycles. The van der Waals surface area contributed by atoms with Gasteiger partial charge in [-0.25, -0.2) is 4.79 Å². The van der Waals surface area contributed by atoms with Crippen molar-refractivity contribution in [3.05, 3.63) is 64.9 Å². The van der Waals surface area contributed by atoms with Gasteiger partial charge in [0.05, 0.1) is 28.9 Å². The first-order valence-electron chi connectivity index (χ1n) is 9.35. The number of benzene rings is 1. The fourth-order valence-corrected chi connectivity index (χ4v) is 3.13. The molecule has 0 bridgehead atoms. The van der Waals surface area contributed by atoms with Crippen molar-refractivity contribution in [1.82, 2.24) is 14.4 Å². The summed E-state index contributed by atoms with van der Waals surface area (Å²) in [7, 11) is 3.50. The summed E-state index contributed by atoms with van der Waals surface area (Å²) in [6.45, 7) is 4.96. The molecule has 0 aliphatic rings. The number of amides is 3. The Morgan fingerprint density at radius 2 is 2.00 bits per heavy atom. The first-order chi connectivity index (χ1) is 14.4. The molecule has 0 radical (unpaired) electrons. The Balaban J connectivity index is 2.12. The maximum Gasteiger partial charge on any atom is 0.322 e. The van der Waals surface area contributed by atoms with Crippen molar-refractivity contribution in [2.24, 2.45) is 7.05 Å². The average molecular weight is 453 g/mol. The van der Waals surface area contributed by atoms with Crippen LogP contribution in [0, 0.1) is 0 Å². The second-order valence-corrected chi connectivity index (χ2v) is 7.40. The second-order valence-electron chi connectivity index (χ2n) is 6.62. The van der Waals surface area contributed by atoms with Crippen LogP contribution < -0.4 is 5.32 Å². The largest absolute Gasteiger partial charge is 0.383 e. The number of aryl methyl sites for hydroxylation is 1. The normalized spacial score (nSPS) is 10.5. The number of methoxy groups -OCH3 is 1. The monoisotopic (exact) mass is 452 g/mol. The number of urea groups is 1. The summed E-state index contributed by atoms with van der Waals surface area (Å²) in [5.41, 5.74) is 1.35. The van der Waals surface area contributed by atoms with Crippen molar-refractivity contribution in [3.8, 4) is 0 Å². The van der Waals surface area contributed by atoms with Crippen LogP contribution >= 0.6 is 23.2 Å². The fraction of sp³-hybridized carbons (Fsp3) is 0.333. The number of aromatic nitrogens is 1. The zero-order valence-corrected chi connectivity index (χ0v) is 18.6. The lowest BCUT2D eigenvalue weighted by atomic mass is 10.3. The number of nitrogens with zero attached hydrogens (tertiary/aromatic N) is 3. The molecule has 0 atom stereocenters. The van der Waals surface area contributed by atoms with E-state index in [9.17, 15) is 9.59 Å². The number of anilines is 1. The van der Waals surface area contributed by atoms with E-state index in [2.05, 4.69) is 11.9 Å². The minimum atomic E-state index is -0.474. The summed E-state index contributed by atoms with van der Waals surface area (Å²) in [5.74, 6) is -0.206. The maximum absolute atomic E-state index is 13.0. The van der Waals surface area contributed by atoms with Gasteiger partial charge in [-0.3, -0.25) is 4.79 Å². The van der Waals surface area contributed by atoms with Crippen LogP contribution in [0.4, 0.5) is 10.5 Å². The molecule has 9 heteroatoms. The molecule has 0 saturated heterocycles. The fourth-order valence-electron chi connectivity index (χ4n) is 2.78. The third kappa shape index (κ3) is 6.52. The Labute approximate surface area is 186 Å². The van der Waals surface area contributed by atoms with E-state index in [1.54, 1.807) is 36.3 Å². The van der Waals surface area contributed by atoms with Crippen molar-refractivity contribution < 1.29 is 14.3 Å². The summed E-state index contributed by atoms with van der Waals surface area (Å²) in [6, 6.07) is 8.34. The molecule has 2 rings (SSSR count). The van der Waals surface area contributed by atoms with Crippen LogP contribution in [0.25, 0.3) is 0 Å². The predicted octanol–water partition coefficient (Wildman–Crippen LogP) is 4.03. The molecule has 30 heavy (non-hydrogen) atoms. The molecule has 0 aliphatic heterocycles. The van der Waals surface area contributed by atoms with E-state index in [1.165, 1.54) is 4.90 Å². The lowest BCUT2D eigenvalue weighted by Gasteiger charge is -2.27. The Kier molecular flexibility index (Phi) is 9.23. The van der Waals surface area contributed by atoms with Gasteiger partial charge in [0.25, 0.3) is 0 Å². The van der Waals surface area contributed by atoms with Gasteiger partial charge in [0.15, 0.2) is 0 Å². The number of ether oxygens (including phenoxy) is 1. The Morgan fingerprint density at radius 3 is 2.63 bits per heavy atom. The van der Waals surface area contributed by atoms with Gasteiger partial charge in [0.1, 0.15) is 6.54 Å². The van der Waals surface area contributed by atoms with E-state index >= 15 is 0 Å². The summed E-state index contributed by atoms with van der Waals surface area (Å²) >= 11 is 12.2. The van der Waals surface area contributed by atoms with Crippen LogP contribution in [-0.4, -0.2) is 59.7 Å². The quantitative estimate of drug-likeness (QED) is 0.553. The number of hydrogen-bond acceptors (Lipinski definition) is 3. The Hall–Kier alpha value is -2.48. The highest BCUT2D eigenvalue weighted by molar-refractivity contribution is 6.43. The Bertz CT molecular complexity index is 885. The number of rotatable bonds is 10. The van der Waals surface area contributed by atoms with E-state index in [4.69, 9.17) is 27.9 Å². The van der Waals surface area contributed by atoms with E-state index in [1.807, 2.05) is 29.9 Å². The van der Waals surface area contributed by atoms with E-state index < -0.39 is 6.03 Å². The number of hydrogen-bond donors (Lipinski definition) is 1. The van der Waals surface area contributed by atoms with E-state index in [0.29, 0.717) is 30.4 Å². The number of carbonyl (C=O) groups is 2. The molecule has 0 spiro atoms. The summed E-state index contributed by atoms with van der Waals surface area (Å²) in [4.78, 5) is 28.8. The molecular formula is C21H26Cl2N4O3. The maximum atomic E-state index is 13.0. The lowest BCUT2D eigenvalue weighted by molar-refractivity contribution is -0.133. The number of carbonyl (C=O) groups excluding carboxylic acids is 2. The van der Waals surface area contributed by atoms with Crippen molar-refractivity contribution in [1.29, 1.82) is 0 Å². The van der Waals surface area contributed by atoms with Crippen molar-refractivity contribution in [2.45, 2.75) is 6.54 Å². The van der Waals surface area contributed by atoms with Gasteiger partial charge in [-0.2, -0.15) is 0 Å². The van der Waals surface area contributed by atoms with Crippen LogP contribution in [0.1, 0.15) is 5.69 Å². The van der Waals surface area contributed by atoms with Gasteiger partial charge in [-0.05, 0) is 24.3 Å². The van der Waals surface area contributed by atoms with E-state index in [-0.39, 0.29) is 24.0 Å². The molecule has 1 N–H and O–H groups in total. The summed E-state index contributed by atoms with van der Waals surface area (Å²) < 4.78 is 7.09. The molecule has 0 fully saturated rings. The van der Waals surface area contributed by atoms with Crippen molar-refractivity contribution in [3.63, 3.8) is 0 Å². The molecule has 1 aromatic carbocycles. The summed E-state index contributed by atoms with van der Waals surface area (Å²) in [6.07, 6.45) is 3.48. The van der Waals surface area contributed by atoms with Crippen LogP contribution in [-0.2, 0) is 23.1 Å². The number of halogens is 2. The number of nitrogens with one attached hydrogen (secondary N) is 1. The lowest BCUT2D eigenvalue weighted by Crippen LogP contribution is -2.45. The van der Waals surface area contributed by atoms with Gasteiger partial charge in [0.2, 0.25) is 5.91 Å². The van der Waals surface area contributed by atoms with Crippen LogP contribution in [0.2, 0.25) is 10.0 Å². The third-order valence-electron chi connectivity index (χ3n) is 4.48. The molecule has 162 valence electrons. The third-order valence-corrected chi connectivity index (χ3v) is 5.30. The highest BCUT2D eigenvalue weighted by Gasteiger charge is 2.22. The topological polar surface area (TPSA) is 66.8 Å². The van der Waals surface area contributed by atoms with Crippen LogP contribution in [0.15, 0.2) is 49.2 Å². The highest BCUT2D eigenvalue weighted by atomic mass is 35.5. The summed E-state index contributed by atoms with van der Waals surface area (Å²) in [5, 5.41) is 3.27. The second kappa shape index (κ2) is 11.6. The van der Waals surface area contributed by atoms with Gasteiger partial charge >= 0.3 is 6.03 Å². The van der Waals surface area contributed by atoms with Gasteiger partial charge in [-0.1, -0.05) is 35.3 Å². The molecular weight excluding hydrogens is 427 g/mol. The minimum absolute atomic E-state index is 0.121. The van der Waals surface area contributed by atoms with Crippen LogP contribution in [0.3, 0.4) is 0 Å². The van der Waals surface area contributed by atoms with Crippen molar-refractivity contribution >= 4 is 40.8 Å². The Morgan fingerprint density at radius 1 is 1.23 bits per heavy atom. The van der Waals surface area contributed by atoms with Gasteiger partial charge in [0, 0.05) is 39.1 Å². The van der Waals surface area contributed by atoms with Gasteiger partial charge < -0.3 is 24.4 Å². The first-order valence-corrected chi connectivity index (χ1v) is 10.1. The highest BCUT2D eigenvalue weighted by Crippen LogP contribution is 2.29. The smallest absolute Gasteiger partial charge is 0.322 e. The first kappa shape index (κ1) is 23.8. The molecule has 0 unspecified atom stereocenters. The zero-order valence-electron chi connectivity index (χ0n) is 17.1. The average Bonchev–Trinajstić information content (AvgIpc) is 3.12. The standard InChI is InChI=1S/C21H26Cl2N4O3/c1-4-10-27(21(29)24-18-9-5-8-17(22)20(18)23)15-19(28)26(12-13-30-3)14-16-7-6-11-25(16)2/h4-9,11H,1,10,12-15H2,2-3H3,(H,24,29). The molecule has 0 aliphatic carbocycles. The molecule has 2 aromatic rings. The SMILES string of the molecule is C=CCN(CC(=O)N(CCOC)Cc1cccn1C)C(=O)Nc1cccc(Cl)c1Cl. The predicted molar refractivity (Wildman–Crippen MR) is 120 cm³/mol. The molecule has 1 aromatic heterocycles. The van der Waals surface area contributed by atoms with Crippen molar-refractivity contribution in [2.75, 3.05) is 38.7 Å². The molecule has 3 amide bonds.